The number of piperidine rings is 1. The van der Waals surface area contributed by atoms with Crippen molar-refractivity contribution in [2.75, 3.05) is 18.8 Å². The summed E-state index contributed by atoms with van der Waals surface area (Å²) in [6, 6.07) is 6.20. The minimum atomic E-state index is 0.562. The van der Waals surface area contributed by atoms with Crippen LogP contribution in [-0.4, -0.2) is 18.0 Å². The fraction of sp³-hybridized carbons (Fsp3) is 0.600. The highest BCUT2D eigenvalue weighted by Gasteiger charge is 2.27. The number of likely N-dealkylation sites (tertiary alicyclic amines) is 1. The molecular weight excluding hydrogens is 288 g/mol. The van der Waals surface area contributed by atoms with E-state index in [0.29, 0.717) is 5.41 Å². The minimum absolute atomic E-state index is 0.562. The molecular formula is C15H23BrN2. The Bertz CT molecular complexity index is 389. The van der Waals surface area contributed by atoms with Gasteiger partial charge in [-0.15, -0.1) is 0 Å². The zero-order valence-corrected chi connectivity index (χ0v) is 13.0. The van der Waals surface area contributed by atoms with Crippen molar-refractivity contribution in [2.45, 2.75) is 39.7 Å². The predicted molar refractivity (Wildman–Crippen MR) is 81.5 cm³/mol. The molecule has 100 valence electrons. The Hall–Kier alpha value is -0.540. The molecule has 2 rings (SSSR count). The van der Waals surface area contributed by atoms with E-state index in [1.807, 2.05) is 6.07 Å². The van der Waals surface area contributed by atoms with E-state index in [4.69, 9.17) is 5.73 Å². The lowest BCUT2D eigenvalue weighted by Gasteiger charge is -2.39. The normalized spacial score (nSPS) is 19.9. The van der Waals surface area contributed by atoms with Crippen LogP contribution in [0.25, 0.3) is 0 Å². The number of rotatable bonds is 3. The van der Waals surface area contributed by atoms with Crippen molar-refractivity contribution < 1.29 is 0 Å². The van der Waals surface area contributed by atoms with Crippen molar-refractivity contribution in [1.82, 2.24) is 4.90 Å². The molecule has 0 unspecified atom stereocenters. The number of nitrogens with two attached hydrogens (primary N) is 1. The molecule has 3 heteroatoms. The van der Waals surface area contributed by atoms with Crippen molar-refractivity contribution >= 4 is 21.6 Å². The first-order valence-corrected chi connectivity index (χ1v) is 7.57. The number of benzene rings is 1. The molecule has 0 aliphatic carbocycles. The monoisotopic (exact) mass is 310 g/mol. The molecule has 1 saturated heterocycles. The number of halogens is 1. The SMILES string of the molecule is CCC1(C)CCN(Cc2cc(N)cc(Br)c2)CC1. The maximum absolute atomic E-state index is 5.88. The van der Waals surface area contributed by atoms with Gasteiger partial charge in [0.05, 0.1) is 0 Å². The molecule has 0 amide bonds. The molecule has 0 radical (unpaired) electrons. The summed E-state index contributed by atoms with van der Waals surface area (Å²) < 4.78 is 1.08. The Morgan fingerprint density at radius 3 is 2.50 bits per heavy atom. The van der Waals surface area contributed by atoms with Crippen molar-refractivity contribution in [3.05, 3.63) is 28.2 Å². The lowest BCUT2D eigenvalue weighted by atomic mass is 9.78. The molecule has 1 aliphatic rings. The average Bonchev–Trinajstić information content (AvgIpc) is 2.31. The van der Waals surface area contributed by atoms with E-state index in [9.17, 15) is 0 Å². The zero-order valence-electron chi connectivity index (χ0n) is 11.4. The molecule has 1 aromatic rings. The van der Waals surface area contributed by atoms with Gasteiger partial charge in [0, 0.05) is 16.7 Å². The second-order valence-corrected chi connectivity index (χ2v) is 6.75. The number of nitrogen functional groups attached to an aromatic ring is 1. The summed E-state index contributed by atoms with van der Waals surface area (Å²) in [4.78, 5) is 2.54. The van der Waals surface area contributed by atoms with Gasteiger partial charge in [0.2, 0.25) is 0 Å². The number of hydrogen-bond acceptors (Lipinski definition) is 2. The van der Waals surface area contributed by atoms with Gasteiger partial charge in [-0.1, -0.05) is 36.2 Å². The Labute approximate surface area is 119 Å². The molecule has 0 spiro atoms. The van der Waals surface area contributed by atoms with E-state index < -0.39 is 0 Å². The quantitative estimate of drug-likeness (QED) is 0.854. The van der Waals surface area contributed by atoms with Crippen LogP contribution in [0, 0.1) is 5.41 Å². The molecule has 0 aromatic heterocycles. The third-order valence-electron chi connectivity index (χ3n) is 4.30. The van der Waals surface area contributed by atoms with E-state index >= 15 is 0 Å². The lowest BCUT2D eigenvalue weighted by Crippen LogP contribution is -2.37. The van der Waals surface area contributed by atoms with Crippen LogP contribution in [0.15, 0.2) is 22.7 Å². The first-order valence-electron chi connectivity index (χ1n) is 6.78. The fourth-order valence-electron chi connectivity index (χ4n) is 2.63. The van der Waals surface area contributed by atoms with Crippen LogP contribution in [0.4, 0.5) is 5.69 Å². The van der Waals surface area contributed by atoms with Crippen LogP contribution >= 0.6 is 15.9 Å². The summed E-state index contributed by atoms with van der Waals surface area (Å²) in [5.74, 6) is 0. The average molecular weight is 311 g/mol. The van der Waals surface area contributed by atoms with E-state index in [-0.39, 0.29) is 0 Å². The predicted octanol–water partition coefficient (Wildman–Crippen LogP) is 4.04. The second kappa shape index (κ2) is 5.62. The number of nitrogens with zero attached hydrogens (tertiary/aromatic N) is 1. The summed E-state index contributed by atoms with van der Waals surface area (Å²) in [5.41, 5.74) is 8.59. The summed E-state index contributed by atoms with van der Waals surface area (Å²) in [6.45, 7) is 8.16. The summed E-state index contributed by atoms with van der Waals surface area (Å²) >= 11 is 3.51. The molecule has 0 atom stereocenters. The van der Waals surface area contributed by atoms with Crippen molar-refractivity contribution in [3.8, 4) is 0 Å². The van der Waals surface area contributed by atoms with Gasteiger partial charge in [0.1, 0.15) is 0 Å². The van der Waals surface area contributed by atoms with E-state index in [1.54, 1.807) is 0 Å². The molecule has 1 fully saturated rings. The van der Waals surface area contributed by atoms with Gasteiger partial charge in [-0.3, -0.25) is 4.90 Å². The highest BCUT2D eigenvalue weighted by atomic mass is 79.9. The van der Waals surface area contributed by atoms with E-state index in [0.717, 1.165) is 16.7 Å². The lowest BCUT2D eigenvalue weighted by molar-refractivity contribution is 0.109. The van der Waals surface area contributed by atoms with Crippen LogP contribution < -0.4 is 5.73 Å². The van der Waals surface area contributed by atoms with Gasteiger partial charge in [-0.05, 0) is 55.1 Å². The van der Waals surface area contributed by atoms with Crippen LogP contribution in [0.5, 0.6) is 0 Å². The smallest absolute Gasteiger partial charge is 0.0328 e. The third kappa shape index (κ3) is 3.48. The third-order valence-corrected chi connectivity index (χ3v) is 4.76. The van der Waals surface area contributed by atoms with Crippen molar-refractivity contribution in [3.63, 3.8) is 0 Å². The molecule has 1 heterocycles. The molecule has 1 aliphatic heterocycles. The van der Waals surface area contributed by atoms with E-state index in [1.165, 1.54) is 37.9 Å². The molecule has 1 aromatic carbocycles. The first-order chi connectivity index (χ1) is 8.50. The van der Waals surface area contributed by atoms with Gasteiger partial charge in [0.25, 0.3) is 0 Å². The number of anilines is 1. The molecule has 2 nitrogen and oxygen atoms in total. The molecule has 0 saturated carbocycles. The first kappa shape index (κ1) is 13.9. The Balaban J connectivity index is 1.95. The largest absolute Gasteiger partial charge is 0.399 e. The van der Waals surface area contributed by atoms with Gasteiger partial charge in [-0.2, -0.15) is 0 Å². The molecule has 0 bridgehead atoms. The van der Waals surface area contributed by atoms with E-state index in [2.05, 4.69) is 46.8 Å². The summed E-state index contributed by atoms with van der Waals surface area (Å²) in [7, 11) is 0. The minimum Gasteiger partial charge on any atom is -0.399 e. The van der Waals surface area contributed by atoms with Gasteiger partial charge in [-0.25, -0.2) is 0 Å². The highest BCUT2D eigenvalue weighted by molar-refractivity contribution is 9.10. The number of hydrogen-bond donors (Lipinski definition) is 1. The standard InChI is InChI=1S/C15H23BrN2/c1-3-15(2)4-6-18(7-5-15)11-12-8-13(16)10-14(17)9-12/h8-10H,3-7,11,17H2,1-2H3. The van der Waals surface area contributed by atoms with Crippen LogP contribution in [0.3, 0.4) is 0 Å². The van der Waals surface area contributed by atoms with Crippen LogP contribution in [0.2, 0.25) is 0 Å². The van der Waals surface area contributed by atoms with Gasteiger partial charge >= 0.3 is 0 Å². The maximum Gasteiger partial charge on any atom is 0.0328 e. The van der Waals surface area contributed by atoms with Crippen LogP contribution in [0.1, 0.15) is 38.7 Å². The highest BCUT2D eigenvalue weighted by Crippen LogP contribution is 2.34. The summed E-state index contributed by atoms with van der Waals surface area (Å²) in [5, 5.41) is 0. The van der Waals surface area contributed by atoms with Crippen molar-refractivity contribution in [1.29, 1.82) is 0 Å². The summed E-state index contributed by atoms with van der Waals surface area (Å²) in [6.07, 6.45) is 3.92. The fourth-order valence-corrected chi connectivity index (χ4v) is 3.19. The topological polar surface area (TPSA) is 29.3 Å². The van der Waals surface area contributed by atoms with Crippen molar-refractivity contribution in [2.24, 2.45) is 5.41 Å². The Morgan fingerprint density at radius 2 is 1.94 bits per heavy atom. The molecule has 2 N–H and O–H groups in total. The van der Waals surface area contributed by atoms with Gasteiger partial charge in [0.15, 0.2) is 0 Å². The molecule has 18 heavy (non-hydrogen) atoms. The Kier molecular flexibility index (Phi) is 4.33. The second-order valence-electron chi connectivity index (χ2n) is 5.83. The van der Waals surface area contributed by atoms with Crippen LogP contribution in [-0.2, 0) is 6.54 Å². The maximum atomic E-state index is 5.88. The Morgan fingerprint density at radius 1 is 1.28 bits per heavy atom. The zero-order chi connectivity index (χ0) is 13.2. The van der Waals surface area contributed by atoms with Gasteiger partial charge < -0.3 is 5.73 Å².